The summed E-state index contributed by atoms with van der Waals surface area (Å²) in [5.41, 5.74) is 2.77. The molecule has 1 atom stereocenters. The first-order chi connectivity index (χ1) is 15.0. The van der Waals surface area contributed by atoms with E-state index >= 15 is 0 Å². The number of amides is 1. The highest BCUT2D eigenvalue weighted by molar-refractivity contribution is 8.00. The van der Waals surface area contributed by atoms with Gasteiger partial charge in [0.15, 0.2) is 0 Å². The van der Waals surface area contributed by atoms with Crippen molar-refractivity contribution in [1.82, 2.24) is 9.78 Å². The van der Waals surface area contributed by atoms with Gasteiger partial charge in [0.05, 0.1) is 10.9 Å². The Morgan fingerprint density at radius 2 is 1.75 bits per heavy atom. The molecule has 0 unspecified atom stereocenters. The molecule has 0 fully saturated rings. The molecule has 0 saturated heterocycles. The van der Waals surface area contributed by atoms with Crippen molar-refractivity contribution in [3.05, 3.63) is 76.1 Å². The van der Waals surface area contributed by atoms with E-state index in [1.54, 1.807) is 13.0 Å². The van der Waals surface area contributed by atoms with Gasteiger partial charge in [-0.15, -0.1) is 13.2 Å². The second-order valence-electron chi connectivity index (χ2n) is 7.01. The molecule has 0 bridgehead atoms. The van der Waals surface area contributed by atoms with Crippen molar-refractivity contribution in [2.45, 2.75) is 37.4 Å². The highest BCUT2D eigenvalue weighted by atomic mass is 32.2. The minimum atomic E-state index is -4.78. The number of anilines is 1. The second-order valence-corrected chi connectivity index (χ2v) is 8.37. The molecule has 0 aliphatic rings. The Kier molecular flexibility index (Phi) is 6.93. The lowest BCUT2D eigenvalue weighted by Gasteiger charge is -2.13. The van der Waals surface area contributed by atoms with Crippen molar-refractivity contribution >= 4 is 23.4 Å². The van der Waals surface area contributed by atoms with Crippen LogP contribution < -0.4 is 15.6 Å². The van der Waals surface area contributed by atoms with Crippen LogP contribution in [0.25, 0.3) is 5.69 Å². The summed E-state index contributed by atoms with van der Waals surface area (Å²) in [6, 6.07) is 13.3. The van der Waals surface area contributed by atoms with E-state index in [-0.39, 0.29) is 17.2 Å². The van der Waals surface area contributed by atoms with Crippen LogP contribution in [-0.2, 0) is 4.79 Å². The summed E-state index contributed by atoms with van der Waals surface area (Å²) in [5, 5.41) is 6.87. The van der Waals surface area contributed by atoms with E-state index in [1.165, 1.54) is 28.9 Å². The number of benzene rings is 2. The lowest BCUT2D eigenvalue weighted by molar-refractivity contribution is -0.274. The smallest absolute Gasteiger partial charge is 0.406 e. The fourth-order valence-electron chi connectivity index (χ4n) is 2.72. The maximum atomic E-state index is 12.5. The Labute approximate surface area is 186 Å². The maximum absolute atomic E-state index is 12.5. The normalized spacial score (nSPS) is 12.3. The summed E-state index contributed by atoms with van der Waals surface area (Å²) < 4.78 is 41.8. The predicted molar refractivity (Wildman–Crippen MR) is 116 cm³/mol. The lowest BCUT2D eigenvalue weighted by Crippen LogP contribution is -2.24. The number of halogens is 3. The van der Waals surface area contributed by atoms with Crippen LogP contribution in [0.1, 0.15) is 18.1 Å². The zero-order chi connectivity index (χ0) is 23.5. The molecule has 1 aromatic heterocycles. The molecule has 0 saturated carbocycles. The second kappa shape index (κ2) is 9.47. The summed E-state index contributed by atoms with van der Waals surface area (Å²) in [4.78, 5) is 24.8. The van der Waals surface area contributed by atoms with Gasteiger partial charge in [-0.3, -0.25) is 9.59 Å². The van der Waals surface area contributed by atoms with Crippen LogP contribution in [0, 0.1) is 13.8 Å². The number of carbonyl (C=O) groups excluding carboxylic acids is 1. The summed E-state index contributed by atoms with van der Waals surface area (Å²) >= 11 is 1.15. The highest BCUT2D eigenvalue weighted by Crippen LogP contribution is 2.25. The average Bonchev–Trinajstić information content (AvgIpc) is 2.72. The summed E-state index contributed by atoms with van der Waals surface area (Å²) in [5.74, 6) is -0.749. The number of carbonyl (C=O) groups is 1. The van der Waals surface area contributed by atoms with E-state index in [9.17, 15) is 22.8 Å². The fraction of sp³-hybridized carbons (Fsp3) is 0.227. The molecule has 6 nitrogen and oxygen atoms in total. The van der Waals surface area contributed by atoms with Crippen molar-refractivity contribution in [2.24, 2.45) is 0 Å². The zero-order valence-corrected chi connectivity index (χ0v) is 18.3. The van der Waals surface area contributed by atoms with Crippen molar-refractivity contribution in [3.8, 4) is 11.4 Å². The fourth-order valence-corrected chi connectivity index (χ4v) is 3.52. The van der Waals surface area contributed by atoms with Crippen LogP contribution in [0.3, 0.4) is 0 Å². The van der Waals surface area contributed by atoms with Crippen molar-refractivity contribution in [3.63, 3.8) is 0 Å². The Morgan fingerprint density at radius 3 is 2.38 bits per heavy atom. The molecule has 3 rings (SSSR count). The van der Waals surface area contributed by atoms with Crippen LogP contribution >= 0.6 is 11.8 Å². The topological polar surface area (TPSA) is 73.2 Å². The van der Waals surface area contributed by atoms with E-state index in [4.69, 9.17) is 0 Å². The van der Waals surface area contributed by atoms with Gasteiger partial charge in [-0.05, 0) is 74.4 Å². The van der Waals surface area contributed by atoms with E-state index < -0.39 is 11.6 Å². The van der Waals surface area contributed by atoms with Gasteiger partial charge in [-0.25, -0.2) is 0 Å². The number of ether oxygens (including phenoxy) is 1. The van der Waals surface area contributed by atoms with E-state index in [0.717, 1.165) is 35.0 Å². The van der Waals surface area contributed by atoms with Gasteiger partial charge >= 0.3 is 6.36 Å². The Morgan fingerprint density at radius 1 is 1.06 bits per heavy atom. The molecule has 0 aliphatic carbocycles. The van der Waals surface area contributed by atoms with Gasteiger partial charge in [0.25, 0.3) is 5.56 Å². The van der Waals surface area contributed by atoms with Crippen LogP contribution in [0.4, 0.5) is 18.9 Å². The van der Waals surface area contributed by atoms with Crippen LogP contribution in [0.15, 0.2) is 64.4 Å². The number of thioether (sulfide) groups is 1. The number of aromatic nitrogens is 2. The number of hydrogen-bond acceptors (Lipinski definition) is 5. The molecule has 0 spiro atoms. The summed E-state index contributed by atoms with van der Waals surface area (Å²) in [6.07, 6.45) is -4.78. The average molecular weight is 463 g/mol. The third-order valence-electron chi connectivity index (χ3n) is 4.53. The lowest BCUT2D eigenvalue weighted by atomic mass is 10.1. The largest absolute Gasteiger partial charge is 0.573 e. The van der Waals surface area contributed by atoms with Gasteiger partial charge in [0.2, 0.25) is 5.91 Å². The van der Waals surface area contributed by atoms with Crippen LogP contribution in [0.5, 0.6) is 5.75 Å². The summed E-state index contributed by atoms with van der Waals surface area (Å²) in [7, 11) is 0. The molecule has 0 aliphatic heterocycles. The predicted octanol–water partition coefficient (Wildman–Crippen LogP) is 4.87. The zero-order valence-electron chi connectivity index (χ0n) is 17.4. The Hall–Kier alpha value is -3.27. The maximum Gasteiger partial charge on any atom is 0.573 e. The molecule has 32 heavy (non-hydrogen) atoms. The van der Waals surface area contributed by atoms with E-state index in [0.29, 0.717) is 16.4 Å². The molecule has 1 N–H and O–H groups in total. The molecule has 168 valence electrons. The van der Waals surface area contributed by atoms with Crippen LogP contribution in [-0.4, -0.2) is 27.3 Å². The molecule has 10 heteroatoms. The number of nitrogens with one attached hydrogen (secondary N) is 1. The number of alkyl halides is 3. The molecule has 1 heterocycles. The van der Waals surface area contributed by atoms with Gasteiger partial charge < -0.3 is 10.1 Å². The number of aryl methyl sites for hydroxylation is 2. The minimum absolute atomic E-state index is 0.295. The molecule has 0 radical (unpaired) electrons. The standard InChI is InChI=1S/C22H20F3N3O3S/c1-13-4-7-17(12-14(13)2)28-20(29)11-10-19(27-28)32-15(3)21(30)26-16-5-8-18(9-6-16)31-22(23,24)25/h4-12,15H,1-3H3,(H,26,30)/t15-/m1/s1. The number of rotatable bonds is 6. The molecular formula is C22H20F3N3O3S. The van der Waals surface area contributed by atoms with Crippen molar-refractivity contribution in [2.75, 3.05) is 5.32 Å². The van der Waals surface area contributed by atoms with Crippen LogP contribution in [0.2, 0.25) is 0 Å². The third kappa shape index (κ3) is 6.13. The Bertz CT molecular complexity index is 1180. The summed E-state index contributed by atoms with van der Waals surface area (Å²) in [6.45, 7) is 5.57. The van der Waals surface area contributed by atoms with Gasteiger partial charge in [-0.2, -0.15) is 9.78 Å². The van der Waals surface area contributed by atoms with Gasteiger partial charge in [0, 0.05) is 11.8 Å². The van der Waals surface area contributed by atoms with Crippen molar-refractivity contribution in [1.29, 1.82) is 0 Å². The molecule has 3 aromatic rings. The minimum Gasteiger partial charge on any atom is -0.406 e. The van der Waals surface area contributed by atoms with Crippen molar-refractivity contribution < 1.29 is 22.7 Å². The Balaban J connectivity index is 1.69. The first-order valence-corrected chi connectivity index (χ1v) is 10.4. The quantitative estimate of drug-likeness (QED) is 0.528. The van der Waals surface area contributed by atoms with E-state index in [2.05, 4.69) is 15.2 Å². The SMILES string of the molecule is Cc1ccc(-n2nc(S[C@H](C)C(=O)Nc3ccc(OC(F)(F)F)cc3)ccc2=O)cc1C. The monoisotopic (exact) mass is 463 g/mol. The van der Waals surface area contributed by atoms with E-state index in [1.807, 2.05) is 26.0 Å². The first-order valence-electron chi connectivity index (χ1n) is 9.53. The third-order valence-corrected chi connectivity index (χ3v) is 5.56. The highest BCUT2D eigenvalue weighted by Gasteiger charge is 2.31. The molecule has 1 amide bonds. The molecular weight excluding hydrogens is 443 g/mol. The van der Waals surface area contributed by atoms with Gasteiger partial charge in [-0.1, -0.05) is 17.8 Å². The van der Waals surface area contributed by atoms with Gasteiger partial charge in [0.1, 0.15) is 10.8 Å². The number of nitrogens with zero attached hydrogens (tertiary/aromatic N) is 2. The molecule has 2 aromatic carbocycles. The first kappa shape index (κ1) is 23.4. The number of hydrogen-bond donors (Lipinski definition) is 1.